The fourth-order valence-corrected chi connectivity index (χ4v) is 0.837. The number of nitrogens with one attached hydrogen (secondary N) is 2. The van der Waals surface area contributed by atoms with Crippen molar-refractivity contribution in [3.63, 3.8) is 0 Å². The number of guanidine groups is 1. The summed E-state index contributed by atoms with van der Waals surface area (Å²) in [6.07, 6.45) is -3.32. The molecule has 0 unspecified atom stereocenters. The van der Waals surface area contributed by atoms with Gasteiger partial charge in [-0.1, -0.05) is 0 Å². The van der Waals surface area contributed by atoms with Crippen molar-refractivity contribution in [3.05, 3.63) is 0 Å². The summed E-state index contributed by atoms with van der Waals surface area (Å²) in [6, 6.07) is 0. The number of aliphatic carboxylic acids is 1. The van der Waals surface area contributed by atoms with Crippen LogP contribution in [0.4, 0.5) is 13.2 Å². The van der Waals surface area contributed by atoms with Crippen molar-refractivity contribution in [2.75, 3.05) is 13.2 Å². The van der Waals surface area contributed by atoms with Gasteiger partial charge in [-0.15, -0.1) is 0 Å². The van der Waals surface area contributed by atoms with Crippen LogP contribution in [0.3, 0.4) is 0 Å². The smallest absolute Gasteiger partial charge is 0.481 e. The maximum atomic E-state index is 11.2. The van der Waals surface area contributed by atoms with Crippen molar-refractivity contribution in [3.8, 4) is 0 Å². The second-order valence-electron chi connectivity index (χ2n) is 3.41. The van der Waals surface area contributed by atoms with E-state index < -0.39 is 18.1 Å². The number of ether oxygens (including phenoxy) is 1. The van der Waals surface area contributed by atoms with Crippen molar-refractivity contribution in [2.45, 2.75) is 32.4 Å². The van der Waals surface area contributed by atoms with E-state index in [-0.39, 0.29) is 19.0 Å². The first kappa shape index (κ1) is 20.3. The third kappa shape index (κ3) is 16.0. The molecule has 0 aromatic rings. The number of carbonyl (C=O) groups is 2. The number of hydrogen-bond acceptors (Lipinski definition) is 4. The maximum Gasteiger partial charge on any atom is 0.490 e. The zero-order chi connectivity index (χ0) is 16.2. The van der Waals surface area contributed by atoms with Crippen molar-refractivity contribution >= 4 is 17.9 Å². The monoisotopic (exact) mass is 301 g/mol. The number of unbranched alkanes of at least 4 members (excludes halogenated alkanes) is 1. The summed E-state index contributed by atoms with van der Waals surface area (Å²) < 4.78 is 37.1. The SMILES string of the molecule is CCOC(=O)C(F)(F)F.N=C(N)NCCCCC(=O)O. The normalized spacial score (nSPS) is 10.0. The van der Waals surface area contributed by atoms with E-state index in [1.807, 2.05) is 0 Å². The van der Waals surface area contributed by atoms with Crippen LogP contribution in [-0.4, -0.2) is 42.3 Å². The molecule has 0 spiro atoms. The highest BCUT2D eigenvalue weighted by Crippen LogP contribution is 2.15. The average molecular weight is 301 g/mol. The molecule has 0 aromatic heterocycles. The first-order chi connectivity index (χ1) is 9.11. The molecule has 0 amide bonds. The Balaban J connectivity index is 0. The Hall–Kier alpha value is -2.00. The molecule has 0 atom stereocenters. The van der Waals surface area contributed by atoms with Crippen LogP contribution in [0, 0.1) is 5.41 Å². The zero-order valence-electron chi connectivity index (χ0n) is 10.9. The van der Waals surface area contributed by atoms with Crippen molar-refractivity contribution in [1.29, 1.82) is 5.41 Å². The Kier molecular flexibility index (Phi) is 11.1. The van der Waals surface area contributed by atoms with Gasteiger partial charge >= 0.3 is 18.1 Å². The Morgan fingerprint density at radius 3 is 2.20 bits per heavy atom. The van der Waals surface area contributed by atoms with Crippen LogP contribution in [0.15, 0.2) is 0 Å². The van der Waals surface area contributed by atoms with E-state index in [2.05, 4.69) is 10.1 Å². The van der Waals surface area contributed by atoms with E-state index in [0.29, 0.717) is 13.0 Å². The first-order valence-electron chi connectivity index (χ1n) is 5.64. The van der Waals surface area contributed by atoms with Crippen LogP contribution in [0.5, 0.6) is 0 Å². The minimum Gasteiger partial charge on any atom is -0.481 e. The molecule has 0 saturated carbocycles. The Labute approximate surface area is 113 Å². The molecule has 0 fully saturated rings. The second-order valence-corrected chi connectivity index (χ2v) is 3.41. The lowest BCUT2D eigenvalue weighted by Gasteiger charge is -2.02. The van der Waals surface area contributed by atoms with Crippen LogP contribution in [0.1, 0.15) is 26.2 Å². The summed E-state index contributed by atoms with van der Waals surface area (Å²) in [5, 5.41) is 17.6. The van der Waals surface area contributed by atoms with E-state index in [4.69, 9.17) is 16.2 Å². The van der Waals surface area contributed by atoms with Gasteiger partial charge in [-0.25, -0.2) is 4.79 Å². The largest absolute Gasteiger partial charge is 0.490 e. The Morgan fingerprint density at radius 1 is 1.35 bits per heavy atom. The van der Waals surface area contributed by atoms with Crippen molar-refractivity contribution in [1.82, 2.24) is 5.32 Å². The average Bonchev–Trinajstić information content (AvgIpc) is 2.27. The predicted molar refractivity (Wildman–Crippen MR) is 64.1 cm³/mol. The molecule has 0 aliphatic rings. The van der Waals surface area contributed by atoms with Gasteiger partial charge in [0.25, 0.3) is 0 Å². The molecule has 0 aliphatic heterocycles. The number of hydrogen-bond donors (Lipinski definition) is 4. The van der Waals surface area contributed by atoms with Crippen LogP contribution in [0.2, 0.25) is 0 Å². The third-order valence-corrected chi connectivity index (χ3v) is 1.64. The van der Waals surface area contributed by atoms with E-state index in [1.165, 1.54) is 6.92 Å². The molecule has 0 bridgehead atoms. The van der Waals surface area contributed by atoms with Crippen LogP contribution >= 0.6 is 0 Å². The molecule has 20 heavy (non-hydrogen) atoms. The molecular formula is C10H18F3N3O4. The number of carbonyl (C=O) groups excluding carboxylic acids is 1. The molecular weight excluding hydrogens is 283 g/mol. The summed E-state index contributed by atoms with van der Waals surface area (Å²) in [4.78, 5) is 19.7. The first-order valence-corrected chi connectivity index (χ1v) is 5.64. The molecule has 10 heteroatoms. The lowest BCUT2D eigenvalue weighted by Crippen LogP contribution is -2.30. The van der Waals surface area contributed by atoms with Crippen molar-refractivity contribution in [2.24, 2.45) is 5.73 Å². The Morgan fingerprint density at radius 2 is 1.90 bits per heavy atom. The van der Waals surface area contributed by atoms with Gasteiger partial charge in [0.15, 0.2) is 5.96 Å². The number of alkyl halides is 3. The molecule has 0 heterocycles. The van der Waals surface area contributed by atoms with Gasteiger partial charge in [-0.2, -0.15) is 13.2 Å². The molecule has 118 valence electrons. The number of rotatable bonds is 6. The molecule has 0 aliphatic carbocycles. The fraction of sp³-hybridized carbons (Fsp3) is 0.700. The van der Waals surface area contributed by atoms with Gasteiger partial charge in [0, 0.05) is 13.0 Å². The standard InChI is InChI=1S/C6H13N3O2.C4H5F3O2/c7-6(8)9-4-2-1-3-5(10)11;1-2-9-3(8)4(5,6)7/h1-4H2,(H,10,11)(H4,7,8,9);2H2,1H3. The van der Waals surface area contributed by atoms with Gasteiger partial charge < -0.3 is 20.9 Å². The van der Waals surface area contributed by atoms with E-state index in [9.17, 15) is 22.8 Å². The molecule has 0 radical (unpaired) electrons. The van der Waals surface area contributed by atoms with Gasteiger partial charge in [0.2, 0.25) is 0 Å². The van der Waals surface area contributed by atoms with Crippen LogP contribution in [0.25, 0.3) is 0 Å². The molecule has 0 saturated heterocycles. The number of carboxylic acid groups (broad SMARTS) is 1. The molecule has 5 N–H and O–H groups in total. The van der Waals surface area contributed by atoms with E-state index >= 15 is 0 Å². The van der Waals surface area contributed by atoms with E-state index in [1.54, 1.807) is 0 Å². The summed E-state index contributed by atoms with van der Waals surface area (Å²) in [5.41, 5.74) is 4.99. The predicted octanol–water partition coefficient (Wildman–Crippen LogP) is 0.836. The third-order valence-electron chi connectivity index (χ3n) is 1.64. The summed E-state index contributed by atoms with van der Waals surface area (Å²) in [6.45, 7) is 1.63. The number of esters is 1. The highest BCUT2D eigenvalue weighted by molar-refractivity contribution is 5.75. The molecule has 0 rings (SSSR count). The van der Waals surface area contributed by atoms with Crippen LogP contribution < -0.4 is 11.1 Å². The summed E-state index contributed by atoms with van der Waals surface area (Å²) >= 11 is 0. The van der Waals surface area contributed by atoms with Gasteiger partial charge in [-0.05, 0) is 19.8 Å². The summed E-state index contributed by atoms with van der Waals surface area (Å²) in [5.74, 6) is -2.99. The maximum absolute atomic E-state index is 11.2. The zero-order valence-corrected chi connectivity index (χ0v) is 10.9. The topological polar surface area (TPSA) is 126 Å². The Bertz CT molecular complexity index is 305. The fourth-order valence-electron chi connectivity index (χ4n) is 0.837. The van der Waals surface area contributed by atoms with Gasteiger partial charge in [-0.3, -0.25) is 10.2 Å². The lowest BCUT2D eigenvalue weighted by atomic mass is 10.2. The summed E-state index contributed by atoms with van der Waals surface area (Å²) in [7, 11) is 0. The minimum absolute atomic E-state index is 0.0691. The van der Waals surface area contributed by atoms with Crippen LogP contribution in [-0.2, 0) is 14.3 Å². The second kappa shape index (κ2) is 10.9. The van der Waals surface area contributed by atoms with Gasteiger partial charge in [0.1, 0.15) is 0 Å². The van der Waals surface area contributed by atoms with Gasteiger partial charge in [0.05, 0.1) is 6.61 Å². The number of halogens is 3. The number of carboxylic acids is 1. The lowest BCUT2D eigenvalue weighted by molar-refractivity contribution is -0.199. The molecule has 0 aromatic carbocycles. The quantitative estimate of drug-likeness (QED) is 0.249. The highest BCUT2D eigenvalue weighted by atomic mass is 19.4. The van der Waals surface area contributed by atoms with E-state index in [0.717, 1.165) is 6.42 Å². The minimum atomic E-state index is -4.85. The highest BCUT2D eigenvalue weighted by Gasteiger charge is 2.40. The molecule has 7 nitrogen and oxygen atoms in total. The van der Waals surface area contributed by atoms with Crippen molar-refractivity contribution < 1.29 is 32.6 Å². The number of nitrogens with two attached hydrogens (primary N) is 1.